The molecule has 0 unspecified atom stereocenters. The van der Waals surface area contributed by atoms with Crippen LogP contribution in [0.25, 0.3) is 0 Å². The molecule has 1 aromatic carbocycles. The molecule has 2 aromatic rings. The van der Waals surface area contributed by atoms with Gasteiger partial charge in [-0.05, 0) is 45.0 Å². The lowest BCUT2D eigenvalue weighted by atomic mass is 10.2. The maximum Gasteiger partial charge on any atom is 0.257 e. The predicted octanol–water partition coefficient (Wildman–Crippen LogP) is 3.20. The van der Waals surface area contributed by atoms with Gasteiger partial charge < -0.3 is 19.9 Å². The van der Waals surface area contributed by atoms with Crippen molar-refractivity contribution in [2.45, 2.75) is 20.3 Å². The third-order valence-corrected chi connectivity index (χ3v) is 5.87. The summed E-state index contributed by atoms with van der Waals surface area (Å²) < 4.78 is 5.51. The fraction of sp³-hybridized carbons (Fsp3) is 0.500. The van der Waals surface area contributed by atoms with Gasteiger partial charge in [-0.1, -0.05) is 12.1 Å². The van der Waals surface area contributed by atoms with E-state index in [0.29, 0.717) is 18.7 Å². The van der Waals surface area contributed by atoms with Crippen molar-refractivity contribution >= 4 is 17.3 Å². The van der Waals surface area contributed by atoms with Crippen LogP contribution in [0.1, 0.15) is 30.6 Å². The lowest BCUT2D eigenvalue weighted by molar-refractivity contribution is 0.0773. The van der Waals surface area contributed by atoms with Crippen molar-refractivity contribution in [2.75, 3.05) is 69.7 Å². The standard InChI is InChI=1S/C24H35N5O2/c1-4-28(5-2)24(30)20-19-25-13-11-21(20)26-12-8-14-27-15-17-29(18-16-27)22-9-6-7-10-23(22)31-3/h6-7,9-11,13,19H,4-5,8,12,14-18H2,1-3H3,(H,25,26). The number of nitrogens with zero attached hydrogens (tertiary/aromatic N) is 4. The number of carbonyl (C=O) groups is 1. The summed E-state index contributed by atoms with van der Waals surface area (Å²) in [4.78, 5) is 23.6. The van der Waals surface area contributed by atoms with Gasteiger partial charge in [-0.3, -0.25) is 14.7 Å². The number of anilines is 2. The second-order valence-electron chi connectivity index (χ2n) is 7.68. The van der Waals surface area contributed by atoms with Crippen LogP contribution in [0.5, 0.6) is 5.75 Å². The topological polar surface area (TPSA) is 60.9 Å². The van der Waals surface area contributed by atoms with Crippen LogP contribution in [0.2, 0.25) is 0 Å². The Morgan fingerprint density at radius 3 is 2.58 bits per heavy atom. The second kappa shape index (κ2) is 11.6. The number of para-hydroxylation sites is 2. The first kappa shape index (κ1) is 22.9. The third-order valence-electron chi connectivity index (χ3n) is 5.87. The molecular formula is C24H35N5O2. The molecule has 1 N–H and O–H groups in total. The number of methoxy groups -OCH3 is 1. The number of carbonyl (C=O) groups excluding carboxylic acids is 1. The van der Waals surface area contributed by atoms with E-state index in [2.05, 4.69) is 32.2 Å². The highest BCUT2D eigenvalue weighted by Crippen LogP contribution is 2.28. The molecule has 0 aliphatic carbocycles. The van der Waals surface area contributed by atoms with Crippen LogP contribution in [-0.2, 0) is 0 Å². The Morgan fingerprint density at radius 1 is 1.13 bits per heavy atom. The van der Waals surface area contributed by atoms with Gasteiger partial charge in [0.25, 0.3) is 5.91 Å². The lowest BCUT2D eigenvalue weighted by Gasteiger charge is -2.36. The number of hydrogen-bond acceptors (Lipinski definition) is 6. The molecule has 0 spiro atoms. The molecule has 31 heavy (non-hydrogen) atoms. The molecule has 2 heterocycles. The largest absolute Gasteiger partial charge is 0.495 e. The normalized spacial score (nSPS) is 14.4. The van der Waals surface area contributed by atoms with Crippen LogP contribution in [0.3, 0.4) is 0 Å². The maximum atomic E-state index is 12.7. The monoisotopic (exact) mass is 425 g/mol. The number of hydrogen-bond donors (Lipinski definition) is 1. The van der Waals surface area contributed by atoms with Gasteiger partial charge in [0.15, 0.2) is 0 Å². The summed E-state index contributed by atoms with van der Waals surface area (Å²) in [5.74, 6) is 0.973. The van der Waals surface area contributed by atoms with E-state index in [1.807, 2.05) is 36.9 Å². The van der Waals surface area contributed by atoms with Crippen molar-refractivity contribution < 1.29 is 9.53 Å². The molecule has 1 amide bonds. The molecule has 1 aliphatic heterocycles. The van der Waals surface area contributed by atoms with Crippen LogP contribution in [0, 0.1) is 0 Å². The number of ether oxygens (including phenoxy) is 1. The van der Waals surface area contributed by atoms with Gasteiger partial charge in [0.05, 0.1) is 24.0 Å². The molecule has 0 radical (unpaired) electrons. The minimum Gasteiger partial charge on any atom is -0.495 e. The Balaban J connectivity index is 1.45. The van der Waals surface area contributed by atoms with E-state index in [1.165, 1.54) is 5.69 Å². The number of nitrogens with one attached hydrogen (secondary N) is 1. The van der Waals surface area contributed by atoms with Crippen LogP contribution < -0.4 is 15.0 Å². The average molecular weight is 426 g/mol. The van der Waals surface area contributed by atoms with E-state index in [4.69, 9.17) is 4.74 Å². The van der Waals surface area contributed by atoms with Gasteiger partial charge in [-0.25, -0.2) is 0 Å². The van der Waals surface area contributed by atoms with Gasteiger partial charge in [0.2, 0.25) is 0 Å². The van der Waals surface area contributed by atoms with Crippen LogP contribution in [-0.4, -0.2) is 80.2 Å². The van der Waals surface area contributed by atoms with Crippen LogP contribution in [0.15, 0.2) is 42.7 Å². The minimum absolute atomic E-state index is 0.0352. The van der Waals surface area contributed by atoms with Gasteiger partial charge >= 0.3 is 0 Å². The molecule has 0 atom stereocenters. The summed E-state index contributed by atoms with van der Waals surface area (Å²) >= 11 is 0. The van der Waals surface area contributed by atoms with Gasteiger partial charge in [-0.2, -0.15) is 0 Å². The zero-order valence-electron chi connectivity index (χ0n) is 19.0. The Morgan fingerprint density at radius 2 is 1.87 bits per heavy atom. The van der Waals surface area contributed by atoms with Gasteiger partial charge in [0, 0.05) is 58.2 Å². The Hall–Kier alpha value is -2.80. The van der Waals surface area contributed by atoms with Crippen LogP contribution in [0.4, 0.5) is 11.4 Å². The number of aromatic nitrogens is 1. The zero-order valence-corrected chi connectivity index (χ0v) is 19.0. The molecule has 1 fully saturated rings. The van der Waals surface area contributed by atoms with Crippen molar-refractivity contribution in [3.8, 4) is 5.75 Å². The highest BCUT2D eigenvalue weighted by atomic mass is 16.5. The molecule has 0 saturated carbocycles. The van der Waals surface area contributed by atoms with E-state index in [9.17, 15) is 4.79 Å². The molecular weight excluding hydrogens is 390 g/mol. The molecule has 7 nitrogen and oxygen atoms in total. The first-order valence-corrected chi connectivity index (χ1v) is 11.2. The van der Waals surface area contributed by atoms with E-state index < -0.39 is 0 Å². The number of amides is 1. The number of pyridine rings is 1. The fourth-order valence-electron chi connectivity index (χ4n) is 4.03. The van der Waals surface area contributed by atoms with E-state index in [-0.39, 0.29) is 5.91 Å². The summed E-state index contributed by atoms with van der Waals surface area (Å²) in [7, 11) is 1.73. The Labute approximate surface area is 186 Å². The third kappa shape index (κ3) is 5.88. The molecule has 1 aliphatic rings. The van der Waals surface area contributed by atoms with Gasteiger partial charge in [0.1, 0.15) is 5.75 Å². The molecule has 1 aromatic heterocycles. The van der Waals surface area contributed by atoms with Gasteiger partial charge in [-0.15, -0.1) is 0 Å². The van der Waals surface area contributed by atoms with E-state index in [1.54, 1.807) is 19.5 Å². The SMILES string of the molecule is CCN(CC)C(=O)c1cnccc1NCCCN1CCN(c2ccccc2OC)CC1. The highest BCUT2D eigenvalue weighted by molar-refractivity contribution is 5.99. The highest BCUT2D eigenvalue weighted by Gasteiger charge is 2.19. The van der Waals surface area contributed by atoms with Crippen molar-refractivity contribution in [3.63, 3.8) is 0 Å². The quantitative estimate of drug-likeness (QED) is 0.590. The smallest absolute Gasteiger partial charge is 0.257 e. The minimum atomic E-state index is 0.0352. The second-order valence-corrected chi connectivity index (χ2v) is 7.68. The van der Waals surface area contributed by atoms with E-state index in [0.717, 1.165) is 57.1 Å². The maximum absolute atomic E-state index is 12.7. The Bertz CT molecular complexity index is 832. The Kier molecular flexibility index (Phi) is 8.53. The number of rotatable bonds is 10. The summed E-state index contributed by atoms with van der Waals surface area (Å²) in [5, 5.41) is 3.45. The molecule has 168 valence electrons. The first-order chi connectivity index (χ1) is 15.2. The van der Waals surface area contributed by atoms with Crippen molar-refractivity contribution in [2.24, 2.45) is 0 Å². The van der Waals surface area contributed by atoms with E-state index >= 15 is 0 Å². The van der Waals surface area contributed by atoms with Crippen molar-refractivity contribution in [1.29, 1.82) is 0 Å². The van der Waals surface area contributed by atoms with Crippen molar-refractivity contribution in [3.05, 3.63) is 48.3 Å². The van der Waals surface area contributed by atoms with Crippen LogP contribution >= 0.6 is 0 Å². The molecule has 1 saturated heterocycles. The summed E-state index contributed by atoms with van der Waals surface area (Å²) in [6.45, 7) is 11.3. The number of benzene rings is 1. The molecule has 7 heteroatoms. The first-order valence-electron chi connectivity index (χ1n) is 11.2. The zero-order chi connectivity index (χ0) is 22.1. The fourth-order valence-corrected chi connectivity index (χ4v) is 4.03. The summed E-state index contributed by atoms with van der Waals surface area (Å²) in [5.41, 5.74) is 2.69. The predicted molar refractivity (Wildman–Crippen MR) is 126 cm³/mol. The average Bonchev–Trinajstić information content (AvgIpc) is 2.83. The summed E-state index contributed by atoms with van der Waals surface area (Å²) in [6, 6.07) is 10.1. The molecule has 3 rings (SSSR count). The number of piperazine rings is 1. The summed E-state index contributed by atoms with van der Waals surface area (Å²) in [6.07, 6.45) is 4.42. The lowest BCUT2D eigenvalue weighted by Crippen LogP contribution is -2.47. The van der Waals surface area contributed by atoms with Crippen molar-refractivity contribution in [1.82, 2.24) is 14.8 Å². The molecule has 0 bridgehead atoms.